The standard InChI is InChI=1S/C12H6N4O3/c17-11-7-6-13-12-14-10(9-2-1-4-18-9)15-16(12)8(7)3-5-19-11/h1-6H. The molecule has 0 amide bonds. The lowest BCUT2D eigenvalue weighted by Gasteiger charge is -1.96. The molecule has 0 aliphatic carbocycles. The number of aromatic nitrogens is 4. The van der Waals surface area contributed by atoms with Gasteiger partial charge in [-0.05, 0) is 12.1 Å². The maximum atomic E-state index is 11.6. The quantitative estimate of drug-likeness (QED) is 0.511. The summed E-state index contributed by atoms with van der Waals surface area (Å²) in [4.78, 5) is 19.9. The Balaban J connectivity index is 2.11. The van der Waals surface area contributed by atoms with Gasteiger partial charge >= 0.3 is 5.63 Å². The predicted molar refractivity (Wildman–Crippen MR) is 64.5 cm³/mol. The van der Waals surface area contributed by atoms with Gasteiger partial charge in [-0.15, -0.1) is 5.10 Å². The van der Waals surface area contributed by atoms with E-state index < -0.39 is 5.63 Å². The van der Waals surface area contributed by atoms with E-state index in [-0.39, 0.29) is 0 Å². The summed E-state index contributed by atoms with van der Waals surface area (Å²) in [6, 6.07) is 5.15. The third kappa shape index (κ3) is 1.38. The largest absolute Gasteiger partial charge is 0.461 e. The second-order valence-electron chi connectivity index (χ2n) is 3.89. The highest BCUT2D eigenvalue weighted by Crippen LogP contribution is 2.17. The van der Waals surface area contributed by atoms with Crippen LogP contribution >= 0.6 is 0 Å². The van der Waals surface area contributed by atoms with Gasteiger partial charge in [0.25, 0.3) is 5.78 Å². The van der Waals surface area contributed by atoms with Crippen LogP contribution in [0.25, 0.3) is 28.3 Å². The minimum absolute atomic E-state index is 0.353. The molecule has 0 spiro atoms. The van der Waals surface area contributed by atoms with Crippen molar-refractivity contribution < 1.29 is 8.83 Å². The number of rotatable bonds is 1. The average molecular weight is 254 g/mol. The second-order valence-corrected chi connectivity index (χ2v) is 3.89. The van der Waals surface area contributed by atoms with Crippen molar-refractivity contribution in [3.05, 3.63) is 47.3 Å². The first-order valence-corrected chi connectivity index (χ1v) is 5.50. The van der Waals surface area contributed by atoms with E-state index in [1.807, 2.05) is 0 Å². The van der Waals surface area contributed by atoms with Crippen molar-refractivity contribution in [1.82, 2.24) is 19.6 Å². The van der Waals surface area contributed by atoms with Crippen LogP contribution in [-0.4, -0.2) is 19.6 Å². The molecule has 0 unspecified atom stereocenters. The number of hydrogen-bond acceptors (Lipinski definition) is 6. The fourth-order valence-corrected chi connectivity index (χ4v) is 1.90. The zero-order valence-electron chi connectivity index (χ0n) is 9.48. The molecule has 7 heteroatoms. The Kier molecular flexibility index (Phi) is 1.85. The van der Waals surface area contributed by atoms with Gasteiger partial charge in [0.2, 0.25) is 5.82 Å². The predicted octanol–water partition coefficient (Wildman–Crippen LogP) is 1.49. The molecule has 0 bridgehead atoms. The summed E-state index contributed by atoms with van der Waals surface area (Å²) in [6.45, 7) is 0. The van der Waals surface area contributed by atoms with Crippen LogP contribution in [0.4, 0.5) is 0 Å². The fraction of sp³-hybridized carbons (Fsp3) is 0. The van der Waals surface area contributed by atoms with E-state index in [1.165, 1.54) is 17.0 Å². The first-order valence-electron chi connectivity index (χ1n) is 5.50. The molecule has 0 saturated heterocycles. The molecule has 4 rings (SSSR count). The molecule has 0 radical (unpaired) electrons. The first kappa shape index (κ1) is 10.0. The van der Waals surface area contributed by atoms with Gasteiger partial charge in [0.15, 0.2) is 5.76 Å². The third-order valence-corrected chi connectivity index (χ3v) is 2.77. The maximum absolute atomic E-state index is 11.6. The smallest absolute Gasteiger partial charge is 0.346 e. The van der Waals surface area contributed by atoms with Crippen LogP contribution in [0.3, 0.4) is 0 Å². The summed E-state index contributed by atoms with van der Waals surface area (Å²) in [7, 11) is 0. The van der Waals surface area contributed by atoms with Crippen LogP contribution in [0, 0.1) is 0 Å². The van der Waals surface area contributed by atoms with E-state index in [2.05, 4.69) is 15.1 Å². The highest BCUT2D eigenvalue weighted by molar-refractivity contribution is 5.78. The van der Waals surface area contributed by atoms with Gasteiger partial charge in [-0.3, -0.25) is 0 Å². The molecule has 92 valence electrons. The van der Waals surface area contributed by atoms with Crippen molar-refractivity contribution in [2.75, 3.05) is 0 Å². The lowest BCUT2D eigenvalue weighted by molar-refractivity contribution is 0.518. The molecule has 4 aromatic rings. The molecule has 0 fully saturated rings. The summed E-state index contributed by atoms with van der Waals surface area (Å²) in [5, 5.41) is 4.65. The Morgan fingerprint density at radius 3 is 2.95 bits per heavy atom. The van der Waals surface area contributed by atoms with Crippen molar-refractivity contribution >= 4 is 16.7 Å². The topological polar surface area (TPSA) is 86.4 Å². The Labute approximate surface area is 105 Å². The van der Waals surface area contributed by atoms with Crippen molar-refractivity contribution in [2.24, 2.45) is 0 Å². The molecule has 0 atom stereocenters. The zero-order chi connectivity index (χ0) is 12.8. The van der Waals surface area contributed by atoms with E-state index >= 15 is 0 Å². The molecule has 0 aliphatic heterocycles. The van der Waals surface area contributed by atoms with Crippen LogP contribution in [0.15, 0.2) is 50.6 Å². The number of hydrogen-bond donors (Lipinski definition) is 0. The van der Waals surface area contributed by atoms with E-state index in [1.54, 1.807) is 24.5 Å². The Morgan fingerprint density at radius 1 is 1.16 bits per heavy atom. The van der Waals surface area contributed by atoms with Crippen molar-refractivity contribution in [3.63, 3.8) is 0 Å². The van der Waals surface area contributed by atoms with Gasteiger partial charge < -0.3 is 8.83 Å². The van der Waals surface area contributed by atoms with Crippen molar-refractivity contribution in [2.45, 2.75) is 0 Å². The van der Waals surface area contributed by atoms with E-state index in [9.17, 15) is 4.79 Å². The number of fused-ring (bicyclic) bond motifs is 3. The number of nitrogens with zero attached hydrogens (tertiary/aromatic N) is 4. The second kappa shape index (κ2) is 3.52. The summed E-state index contributed by atoms with van der Waals surface area (Å²) in [6.07, 6.45) is 4.29. The molecule has 4 heterocycles. The molecule has 0 aromatic carbocycles. The maximum Gasteiger partial charge on any atom is 0.346 e. The summed E-state index contributed by atoms with van der Waals surface area (Å²) >= 11 is 0. The van der Waals surface area contributed by atoms with Gasteiger partial charge in [0.05, 0.1) is 18.0 Å². The molecule has 19 heavy (non-hydrogen) atoms. The van der Waals surface area contributed by atoms with Gasteiger partial charge in [-0.25, -0.2) is 9.78 Å². The summed E-state index contributed by atoms with van der Waals surface area (Å²) in [5.41, 5.74) is 0.133. The van der Waals surface area contributed by atoms with Crippen LogP contribution in [0.1, 0.15) is 0 Å². The Morgan fingerprint density at radius 2 is 2.11 bits per heavy atom. The third-order valence-electron chi connectivity index (χ3n) is 2.77. The lowest BCUT2D eigenvalue weighted by atomic mass is 10.3. The molecule has 0 saturated carbocycles. The molecule has 0 aliphatic rings. The average Bonchev–Trinajstić information content (AvgIpc) is 3.08. The monoisotopic (exact) mass is 254 g/mol. The summed E-state index contributed by atoms with van der Waals surface area (Å²) in [5.74, 6) is 1.35. The van der Waals surface area contributed by atoms with Crippen LogP contribution in [-0.2, 0) is 0 Å². The molecular formula is C12H6N4O3. The van der Waals surface area contributed by atoms with E-state index in [0.29, 0.717) is 28.3 Å². The summed E-state index contributed by atoms with van der Waals surface area (Å²) < 4.78 is 11.5. The van der Waals surface area contributed by atoms with Gasteiger partial charge in [0, 0.05) is 12.3 Å². The van der Waals surface area contributed by atoms with Crippen molar-refractivity contribution in [1.29, 1.82) is 0 Å². The minimum Gasteiger partial charge on any atom is -0.461 e. The molecular weight excluding hydrogens is 248 g/mol. The van der Waals surface area contributed by atoms with E-state index in [4.69, 9.17) is 8.83 Å². The first-order chi connectivity index (χ1) is 9.33. The lowest BCUT2D eigenvalue weighted by Crippen LogP contribution is -2.03. The van der Waals surface area contributed by atoms with Gasteiger partial charge in [-0.1, -0.05) is 0 Å². The highest BCUT2D eigenvalue weighted by Gasteiger charge is 2.12. The highest BCUT2D eigenvalue weighted by atomic mass is 16.4. The SMILES string of the molecule is O=c1occc2c1cnc1nc(-c3ccco3)nn12. The van der Waals surface area contributed by atoms with Crippen LogP contribution in [0.5, 0.6) is 0 Å². The molecule has 7 nitrogen and oxygen atoms in total. The van der Waals surface area contributed by atoms with Crippen molar-refractivity contribution in [3.8, 4) is 11.6 Å². The normalized spacial score (nSPS) is 11.4. The molecule has 0 N–H and O–H groups in total. The van der Waals surface area contributed by atoms with Gasteiger partial charge in [-0.2, -0.15) is 9.50 Å². The van der Waals surface area contributed by atoms with Crippen LogP contribution in [0.2, 0.25) is 0 Å². The zero-order valence-corrected chi connectivity index (χ0v) is 9.48. The van der Waals surface area contributed by atoms with Gasteiger partial charge in [0.1, 0.15) is 5.39 Å². The Bertz CT molecular complexity index is 937. The number of furan rings is 1. The minimum atomic E-state index is -0.457. The van der Waals surface area contributed by atoms with E-state index in [0.717, 1.165) is 0 Å². The molecule has 4 aromatic heterocycles. The van der Waals surface area contributed by atoms with Crippen LogP contribution < -0.4 is 5.63 Å². The fourth-order valence-electron chi connectivity index (χ4n) is 1.90. The Hall–Kier alpha value is -2.96.